The van der Waals surface area contributed by atoms with Gasteiger partial charge in [-0.15, -0.1) is 0 Å². The summed E-state index contributed by atoms with van der Waals surface area (Å²) in [6.45, 7) is 6.64. The molecule has 0 aliphatic heterocycles. The van der Waals surface area contributed by atoms with Gasteiger partial charge in [0.15, 0.2) is 0 Å². The molecule has 4 heteroatoms. The van der Waals surface area contributed by atoms with Crippen molar-refractivity contribution in [3.8, 4) is 0 Å². The van der Waals surface area contributed by atoms with E-state index in [2.05, 4.69) is 17.2 Å². The zero-order valence-electron chi connectivity index (χ0n) is 9.49. The molecule has 0 atom stereocenters. The third kappa shape index (κ3) is 4.25. The highest BCUT2D eigenvalue weighted by Crippen LogP contribution is 1.89. The Bertz CT molecular complexity index is 346. The van der Waals surface area contributed by atoms with Gasteiger partial charge in [-0.2, -0.15) is 0 Å². The summed E-state index contributed by atoms with van der Waals surface area (Å²) in [4.78, 5) is 15.1. The largest absolute Gasteiger partial charge is 0.347 e. The van der Waals surface area contributed by atoms with Gasteiger partial charge in [-0.1, -0.05) is 13.3 Å². The molecular formula is C11H19N3O. The lowest BCUT2D eigenvalue weighted by Crippen LogP contribution is -2.28. The van der Waals surface area contributed by atoms with Gasteiger partial charge in [-0.3, -0.25) is 4.57 Å². The Morgan fingerprint density at radius 2 is 2.27 bits per heavy atom. The Morgan fingerprint density at radius 1 is 1.47 bits per heavy atom. The first kappa shape index (κ1) is 11.9. The number of hydrogen-bond donors (Lipinski definition) is 1. The average molecular weight is 209 g/mol. The van der Waals surface area contributed by atoms with Crippen molar-refractivity contribution < 1.29 is 0 Å². The SMILES string of the molecule is CCCCNCCn1cc(C)cnc1=O. The maximum atomic E-state index is 11.3. The van der Waals surface area contributed by atoms with Gasteiger partial charge < -0.3 is 5.32 Å². The van der Waals surface area contributed by atoms with Crippen molar-refractivity contribution >= 4 is 0 Å². The number of hydrogen-bond acceptors (Lipinski definition) is 3. The molecule has 0 fully saturated rings. The van der Waals surface area contributed by atoms with Gasteiger partial charge in [0.1, 0.15) is 0 Å². The van der Waals surface area contributed by atoms with Crippen molar-refractivity contribution in [2.45, 2.75) is 33.2 Å². The van der Waals surface area contributed by atoms with Crippen LogP contribution >= 0.6 is 0 Å². The van der Waals surface area contributed by atoms with Gasteiger partial charge in [-0.25, -0.2) is 9.78 Å². The van der Waals surface area contributed by atoms with E-state index in [1.165, 1.54) is 12.8 Å². The summed E-state index contributed by atoms with van der Waals surface area (Å²) in [6, 6.07) is 0. The molecule has 0 aliphatic rings. The number of aromatic nitrogens is 2. The molecule has 1 rings (SSSR count). The van der Waals surface area contributed by atoms with Crippen molar-refractivity contribution in [3.05, 3.63) is 28.4 Å². The Labute approximate surface area is 90.3 Å². The summed E-state index contributed by atoms with van der Waals surface area (Å²) in [6.07, 6.45) is 5.82. The van der Waals surface area contributed by atoms with Gasteiger partial charge in [0.25, 0.3) is 0 Å². The van der Waals surface area contributed by atoms with Gasteiger partial charge in [0.2, 0.25) is 0 Å². The lowest BCUT2D eigenvalue weighted by atomic mass is 10.3. The minimum Gasteiger partial charge on any atom is -0.315 e. The fourth-order valence-corrected chi connectivity index (χ4v) is 1.35. The third-order valence-electron chi connectivity index (χ3n) is 2.22. The maximum Gasteiger partial charge on any atom is 0.347 e. The fourth-order valence-electron chi connectivity index (χ4n) is 1.35. The Kier molecular flexibility index (Phi) is 5.04. The quantitative estimate of drug-likeness (QED) is 0.709. The molecule has 0 aromatic carbocycles. The van der Waals surface area contributed by atoms with Crippen LogP contribution in [-0.2, 0) is 6.54 Å². The summed E-state index contributed by atoms with van der Waals surface area (Å²) in [5.41, 5.74) is 0.848. The van der Waals surface area contributed by atoms with Crippen LogP contribution in [0.2, 0.25) is 0 Å². The second-order valence-corrected chi connectivity index (χ2v) is 3.71. The fraction of sp³-hybridized carbons (Fsp3) is 0.636. The smallest absolute Gasteiger partial charge is 0.315 e. The van der Waals surface area contributed by atoms with E-state index in [0.717, 1.165) is 18.7 Å². The molecule has 4 nitrogen and oxygen atoms in total. The number of unbranched alkanes of at least 4 members (excludes halogenated alkanes) is 1. The highest BCUT2D eigenvalue weighted by Gasteiger charge is 1.96. The monoisotopic (exact) mass is 209 g/mol. The van der Waals surface area contributed by atoms with Crippen LogP contribution < -0.4 is 11.0 Å². The molecule has 0 spiro atoms. The van der Waals surface area contributed by atoms with Gasteiger partial charge >= 0.3 is 5.69 Å². The average Bonchev–Trinajstić information content (AvgIpc) is 2.23. The van der Waals surface area contributed by atoms with E-state index in [-0.39, 0.29) is 5.69 Å². The molecule has 15 heavy (non-hydrogen) atoms. The van der Waals surface area contributed by atoms with Gasteiger partial charge in [0.05, 0.1) is 0 Å². The summed E-state index contributed by atoms with van der Waals surface area (Å²) < 4.78 is 1.65. The predicted octanol–water partition coefficient (Wildman–Crippen LogP) is 0.941. The molecule has 0 amide bonds. The molecule has 0 saturated carbocycles. The zero-order chi connectivity index (χ0) is 11.1. The van der Waals surface area contributed by atoms with E-state index in [4.69, 9.17) is 0 Å². The summed E-state index contributed by atoms with van der Waals surface area (Å²) >= 11 is 0. The lowest BCUT2D eigenvalue weighted by Gasteiger charge is -2.06. The van der Waals surface area contributed by atoms with Crippen LogP contribution in [0.25, 0.3) is 0 Å². The molecule has 84 valence electrons. The summed E-state index contributed by atoms with van der Waals surface area (Å²) in [5.74, 6) is 0. The molecule has 0 saturated heterocycles. The zero-order valence-corrected chi connectivity index (χ0v) is 9.49. The summed E-state index contributed by atoms with van der Waals surface area (Å²) in [5, 5.41) is 3.29. The van der Waals surface area contributed by atoms with Crippen LogP contribution in [0.1, 0.15) is 25.3 Å². The number of aryl methyl sites for hydroxylation is 1. The molecule has 1 N–H and O–H groups in total. The van der Waals surface area contributed by atoms with E-state index in [0.29, 0.717) is 6.54 Å². The van der Waals surface area contributed by atoms with Crippen molar-refractivity contribution in [3.63, 3.8) is 0 Å². The minimum atomic E-state index is -0.169. The van der Waals surface area contributed by atoms with Crippen LogP contribution in [0.3, 0.4) is 0 Å². The summed E-state index contributed by atoms with van der Waals surface area (Å²) in [7, 11) is 0. The normalized spacial score (nSPS) is 10.5. The van der Waals surface area contributed by atoms with Crippen LogP contribution in [-0.4, -0.2) is 22.6 Å². The second kappa shape index (κ2) is 6.35. The van der Waals surface area contributed by atoms with Crippen LogP contribution in [0.15, 0.2) is 17.2 Å². The number of nitrogens with zero attached hydrogens (tertiary/aromatic N) is 2. The Hall–Kier alpha value is -1.16. The van der Waals surface area contributed by atoms with E-state index < -0.39 is 0 Å². The van der Waals surface area contributed by atoms with E-state index in [1.807, 2.05) is 13.1 Å². The molecule has 1 aromatic heterocycles. The highest BCUT2D eigenvalue weighted by molar-refractivity contribution is 4.99. The lowest BCUT2D eigenvalue weighted by molar-refractivity contribution is 0.561. The topological polar surface area (TPSA) is 46.9 Å². The standard InChI is InChI=1S/C11H19N3O/c1-3-4-5-12-6-7-14-9-10(2)8-13-11(14)15/h8-9,12H,3-7H2,1-2H3. The molecule has 1 heterocycles. The van der Waals surface area contributed by atoms with Crippen LogP contribution in [0.5, 0.6) is 0 Å². The molecule has 0 bridgehead atoms. The van der Waals surface area contributed by atoms with Crippen LogP contribution in [0, 0.1) is 6.92 Å². The highest BCUT2D eigenvalue weighted by atomic mass is 16.1. The Balaban J connectivity index is 2.37. The van der Waals surface area contributed by atoms with Gasteiger partial charge in [0, 0.05) is 25.5 Å². The molecule has 0 aliphatic carbocycles. The minimum absolute atomic E-state index is 0.169. The first-order valence-electron chi connectivity index (χ1n) is 5.48. The van der Waals surface area contributed by atoms with Crippen molar-refractivity contribution in [2.75, 3.05) is 13.1 Å². The number of nitrogens with one attached hydrogen (secondary N) is 1. The molecule has 1 aromatic rings. The Morgan fingerprint density at radius 3 is 3.00 bits per heavy atom. The first-order valence-corrected chi connectivity index (χ1v) is 5.48. The van der Waals surface area contributed by atoms with E-state index in [9.17, 15) is 4.79 Å². The van der Waals surface area contributed by atoms with Crippen LogP contribution in [0.4, 0.5) is 0 Å². The van der Waals surface area contributed by atoms with E-state index >= 15 is 0 Å². The maximum absolute atomic E-state index is 11.3. The van der Waals surface area contributed by atoms with Crippen molar-refractivity contribution in [1.29, 1.82) is 0 Å². The molecular weight excluding hydrogens is 190 g/mol. The first-order chi connectivity index (χ1) is 7.24. The third-order valence-corrected chi connectivity index (χ3v) is 2.22. The van der Waals surface area contributed by atoms with E-state index in [1.54, 1.807) is 10.8 Å². The second-order valence-electron chi connectivity index (χ2n) is 3.71. The van der Waals surface area contributed by atoms with Crippen molar-refractivity contribution in [2.24, 2.45) is 0 Å². The van der Waals surface area contributed by atoms with Crippen molar-refractivity contribution in [1.82, 2.24) is 14.9 Å². The molecule has 0 unspecified atom stereocenters. The van der Waals surface area contributed by atoms with Gasteiger partial charge in [-0.05, 0) is 25.5 Å². The number of rotatable bonds is 6. The molecule has 0 radical (unpaired) electrons. The predicted molar refractivity (Wildman–Crippen MR) is 61.0 cm³/mol.